The molecule has 1 aromatic rings. The van der Waals surface area contributed by atoms with Crippen molar-refractivity contribution in [3.63, 3.8) is 0 Å². The van der Waals surface area contributed by atoms with Crippen LogP contribution in [0.25, 0.3) is 0 Å². The summed E-state index contributed by atoms with van der Waals surface area (Å²) in [5.41, 5.74) is 4.02. The number of ether oxygens (including phenoxy) is 1. The van der Waals surface area contributed by atoms with Crippen molar-refractivity contribution in [3.05, 3.63) is 23.8 Å². The largest absolute Gasteiger partial charge is 0.382 e. The Morgan fingerprint density at radius 1 is 1.25 bits per heavy atom. The Balaban J connectivity index is 1.67. The second-order valence-corrected chi connectivity index (χ2v) is 6.24. The third kappa shape index (κ3) is 3.09. The smallest absolute Gasteiger partial charge is 0.0566 e. The lowest BCUT2D eigenvalue weighted by atomic mass is 10.0. The molecule has 20 heavy (non-hydrogen) atoms. The lowest BCUT2D eigenvalue weighted by Gasteiger charge is -2.29. The predicted octanol–water partition coefficient (Wildman–Crippen LogP) is 3.57. The Kier molecular flexibility index (Phi) is 4.16. The zero-order valence-electron chi connectivity index (χ0n) is 12.7. The highest BCUT2D eigenvalue weighted by atomic mass is 16.5. The molecule has 0 radical (unpaired) electrons. The fourth-order valence-corrected chi connectivity index (χ4v) is 3.33. The topological polar surface area (TPSA) is 24.5 Å². The van der Waals surface area contributed by atoms with Gasteiger partial charge in [-0.2, -0.15) is 0 Å². The van der Waals surface area contributed by atoms with Crippen molar-refractivity contribution in [2.75, 3.05) is 29.9 Å². The van der Waals surface area contributed by atoms with E-state index in [1.165, 1.54) is 42.9 Å². The van der Waals surface area contributed by atoms with E-state index in [-0.39, 0.29) is 0 Å². The van der Waals surface area contributed by atoms with Gasteiger partial charge in [0.05, 0.1) is 6.10 Å². The van der Waals surface area contributed by atoms with E-state index >= 15 is 0 Å². The molecule has 3 heteroatoms. The number of nitrogens with one attached hydrogen (secondary N) is 1. The maximum atomic E-state index is 5.62. The first-order valence-electron chi connectivity index (χ1n) is 7.96. The number of aryl methyl sites for hydroxylation is 1. The van der Waals surface area contributed by atoms with Gasteiger partial charge in [0.15, 0.2) is 0 Å². The van der Waals surface area contributed by atoms with E-state index in [1.807, 2.05) is 0 Å². The van der Waals surface area contributed by atoms with Gasteiger partial charge >= 0.3 is 0 Å². The molecule has 110 valence electrons. The first-order chi connectivity index (χ1) is 9.72. The molecule has 3 nitrogen and oxygen atoms in total. The average Bonchev–Trinajstić information content (AvgIpc) is 2.95. The fraction of sp³-hybridized carbons (Fsp3) is 0.647. The summed E-state index contributed by atoms with van der Waals surface area (Å²) in [7, 11) is 0. The van der Waals surface area contributed by atoms with Crippen LogP contribution in [-0.2, 0) is 4.74 Å². The first kappa shape index (κ1) is 13.7. The number of hydrogen-bond acceptors (Lipinski definition) is 3. The number of hydrogen-bond donors (Lipinski definition) is 1. The summed E-state index contributed by atoms with van der Waals surface area (Å²) in [6, 6.07) is 7.40. The molecule has 2 unspecified atom stereocenters. The van der Waals surface area contributed by atoms with Crippen LogP contribution in [0.4, 0.5) is 11.4 Å². The van der Waals surface area contributed by atoms with Gasteiger partial charge in [0, 0.05) is 37.1 Å². The molecule has 2 heterocycles. The van der Waals surface area contributed by atoms with Gasteiger partial charge in [0.25, 0.3) is 0 Å². The minimum Gasteiger partial charge on any atom is -0.382 e. The highest BCUT2D eigenvalue weighted by Gasteiger charge is 2.20. The summed E-state index contributed by atoms with van der Waals surface area (Å²) in [4.78, 5) is 2.49. The Labute approximate surface area is 122 Å². The fourth-order valence-electron chi connectivity index (χ4n) is 3.33. The normalized spacial score (nSPS) is 26.8. The monoisotopic (exact) mass is 274 g/mol. The minimum atomic E-state index is 0.380. The number of anilines is 2. The molecule has 2 aliphatic heterocycles. The highest BCUT2D eigenvalue weighted by Crippen LogP contribution is 2.27. The highest BCUT2D eigenvalue weighted by molar-refractivity contribution is 5.60. The van der Waals surface area contributed by atoms with E-state index in [2.05, 4.69) is 42.3 Å². The van der Waals surface area contributed by atoms with E-state index < -0.39 is 0 Å². The maximum Gasteiger partial charge on any atom is 0.0566 e. The summed E-state index contributed by atoms with van der Waals surface area (Å²) in [6.45, 7) is 7.68. The molecule has 0 saturated carbocycles. The molecule has 0 aliphatic carbocycles. The average molecular weight is 274 g/mol. The van der Waals surface area contributed by atoms with E-state index in [1.54, 1.807) is 0 Å². The lowest BCUT2D eigenvalue weighted by molar-refractivity contribution is 0.0232. The third-order valence-electron chi connectivity index (χ3n) is 4.53. The summed E-state index contributed by atoms with van der Waals surface area (Å²) < 4.78 is 5.62. The molecule has 3 rings (SSSR count). The Hall–Kier alpha value is -1.22. The van der Waals surface area contributed by atoms with Crippen molar-refractivity contribution in [2.24, 2.45) is 0 Å². The van der Waals surface area contributed by atoms with Crippen molar-refractivity contribution in [3.8, 4) is 0 Å². The standard InChI is InChI=1S/C17H26N2O/c1-13-11-16(19-8-3-4-9-19)5-6-17(13)18-15-7-10-20-14(2)12-15/h5-6,11,14-15,18H,3-4,7-10,12H2,1-2H3. The van der Waals surface area contributed by atoms with Crippen molar-refractivity contribution < 1.29 is 4.74 Å². The molecule has 2 aliphatic rings. The molecule has 0 amide bonds. The van der Waals surface area contributed by atoms with E-state index in [9.17, 15) is 0 Å². The molecule has 0 aromatic heterocycles. The van der Waals surface area contributed by atoms with Gasteiger partial charge in [-0.15, -0.1) is 0 Å². The Bertz CT molecular complexity index is 454. The van der Waals surface area contributed by atoms with Crippen LogP contribution in [-0.4, -0.2) is 31.8 Å². The number of benzene rings is 1. The molecule has 2 atom stereocenters. The van der Waals surface area contributed by atoms with Crippen molar-refractivity contribution in [2.45, 2.75) is 51.7 Å². The molecule has 0 bridgehead atoms. The van der Waals surface area contributed by atoms with Crippen molar-refractivity contribution in [1.82, 2.24) is 0 Å². The van der Waals surface area contributed by atoms with Crippen LogP contribution in [0.2, 0.25) is 0 Å². The lowest BCUT2D eigenvalue weighted by Crippen LogP contribution is -2.32. The van der Waals surface area contributed by atoms with Crippen LogP contribution < -0.4 is 10.2 Å². The summed E-state index contributed by atoms with van der Waals surface area (Å²) in [6.07, 6.45) is 5.26. The Morgan fingerprint density at radius 3 is 2.75 bits per heavy atom. The van der Waals surface area contributed by atoms with Crippen molar-refractivity contribution in [1.29, 1.82) is 0 Å². The van der Waals surface area contributed by atoms with E-state index in [4.69, 9.17) is 4.74 Å². The molecule has 2 saturated heterocycles. The molecule has 1 N–H and O–H groups in total. The van der Waals surface area contributed by atoms with Crippen LogP contribution in [0.1, 0.15) is 38.2 Å². The minimum absolute atomic E-state index is 0.380. The van der Waals surface area contributed by atoms with Gasteiger partial charge < -0.3 is 15.0 Å². The zero-order chi connectivity index (χ0) is 13.9. The summed E-state index contributed by atoms with van der Waals surface area (Å²) >= 11 is 0. The number of nitrogens with zero attached hydrogens (tertiary/aromatic N) is 1. The predicted molar refractivity (Wildman–Crippen MR) is 84.7 cm³/mol. The number of rotatable bonds is 3. The van der Waals surface area contributed by atoms with Crippen LogP contribution in [0.3, 0.4) is 0 Å². The quantitative estimate of drug-likeness (QED) is 0.912. The third-order valence-corrected chi connectivity index (χ3v) is 4.53. The van der Waals surface area contributed by atoms with Gasteiger partial charge in [0.2, 0.25) is 0 Å². The summed E-state index contributed by atoms with van der Waals surface area (Å²) in [5, 5.41) is 3.70. The SMILES string of the molecule is Cc1cc(N2CCCC2)ccc1NC1CCOC(C)C1. The molecule has 1 aromatic carbocycles. The van der Waals surface area contributed by atoms with E-state index in [0.29, 0.717) is 12.1 Å². The molecular weight excluding hydrogens is 248 g/mol. The second kappa shape index (κ2) is 6.04. The molecular formula is C17H26N2O. The van der Waals surface area contributed by atoms with Gasteiger partial charge in [-0.1, -0.05) is 0 Å². The zero-order valence-corrected chi connectivity index (χ0v) is 12.7. The summed E-state index contributed by atoms with van der Waals surface area (Å²) in [5.74, 6) is 0. The molecule has 2 fully saturated rings. The Morgan fingerprint density at radius 2 is 2.05 bits per heavy atom. The second-order valence-electron chi connectivity index (χ2n) is 6.24. The first-order valence-corrected chi connectivity index (χ1v) is 7.96. The van der Waals surface area contributed by atoms with E-state index in [0.717, 1.165) is 19.4 Å². The van der Waals surface area contributed by atoms with Gasteiger partial charge in [-0.3, -0.25) is 0 Å². The van der Waals surface area contributed by atoms with Crippen LogP contribution in [0.15, 0.2) is 18.2 Å². The van der Waals surface area contributed by atoms with Crippen LogP contribution in [0, 0.1) is 6.92 Å². The maximum absolute atomic E-state index is 5.62. The van der Waals surface area contributed by atoms with Gasteiger partial charge in [-0.05, 0) is 63.3 Å². The van der Waals surface area contributed by atoms with Gasteiger partial charge in [-0.25, -0.2) is 0 Å². The molecule has 0 spiro atoms. The van der Waals surface area contributed by atoms with Crippen LogP contribution >= 0.6 is 0 Å². The van der Waals surface area contributed by atoms with Gasteiger partial charge in [0.1, 0.15) is 0 Å². The van der Waals surface area contributed by atoms with Crippen LogP contribution in [0.5, 0.6) is 0 Å². The van der Waals surface area contributed by atoms with Crippen molar-refractivity contribution >= 4 is 11.4 Å².